The number of fused-ring (bicyclic) bond motifs is 1. The average Bonchev–Trinajstić information content (AvgIpc) is 3.37. The molecular formula is C21H23NO3. The second-order valence-electron chi connectivity index (χ2n) is 7.47. The number of hydrogen-bond acceptors (Lipinski definition) is 3. The molecule has 2 aliphatic rings. The van der Waals surface area contributed by atoms with Crippen molar-refractivity contribution in [3.8, 4) is 11.5 Å². The molecule has 1 heterocycles. The van der Waals surface area contributed by atoms with Crippen LogP contribution in [0.3, 0.4) is 0 Å². The summed E-state index contributed by atoms with van der Waals surface area (Å²) < 4.78 is 11.8. The molecule has 4 nitrogen and oxygen atoms in total. The van der Waals surface area contributed by atoms with Gasteiger partial charge in [0, 0.05) is 16.7 Å². The first kappa shape index (κ1) is 16.0. The Morgan fingerprint density at radius 3 is 2.24 bits per heavy atom. The molecule has 2 aromatic carbocycles. The first-order valence-electron chi connectivity index (χ1n) is 8.75. The zero-order valence-electron chi connectivity index (χ0n) is 14.9. The van der Waals surface area contributed by atoms with Crippen LogP contribution in [0.25, 0.3) is 0 Å². The molecule has 1 spiro atoms. The van der Waals surface area contributed by atoms with Crippen molar-refractivity contribution in [3.63, 3.8) is 0 Å². The van der Waals surface area contributed by atoms with E-state index in [1.54, 1.807) is 12.1 Å². The van der Waals surface area contributed by atoms with Crippen molar-refractivity contribution in [3.05, 3.63) is 52.6 Å². The van der Waals surface area contributed by atoms with Gasteiger partial charge in [0.1, 0.15) is 0 Å². The zero-order valence-corrected chi connectivity index (χ0v) is 14.9. The summed E-state index contributed by atoms with van der Waals surface area (Å²) in [6.45, 7) is 7.45. The fraction of sp³-hybridized carbons (Fsp3) is 0.381. The van der Waals surface area contributed by atoms with Crippen LogP contribution in [0.5, 0.6) is 11.5 Å². The molecule has 130 valence electrons. The van der Waals surface area contributed by atoms with Crippen LogP contribution < -0.4 is 14.8 Å². The maximum Gasteiger partial charge on any atom is 0.255 e. The molecule has 0 radical (unpaired) electrons. The van der Waals surface area contributed by atoms with Crippen molar-refractivity contribution >= 4 is 11.6 Å². The smallest absolute Gasteiger partial charge is 0.255 e. The van der Waals surface area contributed by atoms with Gasteiger partial charge in [-0.1, -0.05) is 17.7 Å². The van der Waals surface area contributed by atoms with Gasteiger partial charge in [0.15, 0.2) is 11.5 Å². The van der Waals surface area contributed by atoms with Gasteiger partial charge in [-0.2, -0.15) is 0 Å². The van der Waals surface area contributed by atoms with E-state index >= 15 is 0 Å². The summed E-state index contributed by atoms with van der Waals surface area (Å²) in [5, 5.41) is 3.04. The summed E-state index contributed by atoms with van der Waals surface area (Å²) in [6, 6.07) is 9.56. The third-order valence-electron chi connectivity index (χ3n) is 5.15. The Bertz CT molecular complexity index is 829. The Balaban J connectivity index is 1.56. The molecule has 1 saturated carbocycles. The van der Waals surface area contributed by atoms with E-state index < -0.39 is 0 Å². The highest BCUT2D eigenvalue weighted by molar-refractivity contribution is 6.05. The highest BCUT2D eigenvalue weighted by Gasteiger charge is 2.46. The number of nitrogens with one attached hydrogen (secondary N) is 1. The van der Waals surface area contributed by atoms with E-state index in [-0.39, 0.29) is 11.3 Å². The van der Waals surface area contributed by atoms with Crippen LogP contribution in [0.1, 0.15) is 39.9 Å². The zero-order chi connectivity index (χ0) is 17.6. The number of carbonyl (C=O) groups is 1. The van der Waals surface area contributed by atoms with Crippen LogP contribution >= 0.6 is 0 Å². The van der Waals surface area contributed by atoms with E-state index in [2.05, 4.69) is 24.4 Å². The number of ether oxygens (including phenoxy) is 2. The first-order valence-corrected chi connectivity index (χ1v) is 8.75. The lowest BCUT2D eigenvalue weighted by Crippen LogP contribution is -2.17. The Labute approximate surface area is 148 Å². The standard InChI is InChI=1S/C21H23NO3/c1-13-8-14(2)19(15(3)9-13)22-20(23)16-4-5-17-18(10-16)25-12-21(6-7-21)11-24-17/h4-5,8-10H,6-7,11-12H2,1-3H3,(H,22,23). The largest absolute Gasteiger partial charge is 0.489 e. The molecule has 4 rings (SSSR count). The number of aryl methyl sites for hydroxylation is 3. The number of hydrogen-bond donors (Lipinski definition) is 1. The SMILES string of the molecule is Cc1cc(C)c(NC(=O)c2ccc3c(c2)OCC2(CC2)CO3)c(C)c1. The lowest BCUT2D eigenvalue weighted by atomic mass is 10.0. The predicted molar refractivity (Wildman–Crippen MR) is 97.7 cm³/mol. The second-order valence-corrected chi connectivity index (χ2v) is 7.47. The minimum Gasteiger partial charge on any atom is -0.489 e. The van der Waals surface area contributed by atoms with Crippen LogP contribution in [-0.2, 0) is 0 Å². The molecular weight excluding hydrogens is 314 g/mol. The van der Waals surface area contributed by atoms with Crippen LogP contribution in [0, 0.1) is 26.2 Å². The fourth-order valence-corrected chi connectivity index (χ4v) is 3.41. The number of benzene rings is 2. The second kappa shape index (κ2) is 5.80. The van der Waals surface area contributed by atoms with E-state index in [1.807, 2.05) is 19.9 Å². The first-order chi connectivity index (χ1) is 12.0. The summed E-state index contributed by atoms with van der Waals surface area (Å²) in [6.07, 6.45) is 2.31. The van der Waals surface area contributed by atoms with Gasteiger partial charge in [-0.25, -0.2) is 0 Å². The van der Waals surface area contributed by atoms with E-state index in [9.17, 15) is 4.79 Å². The van der Waals surface area contributed by atoms with Gasteiger partial charge in [-0.15, -0.1) is 0 Å². The predicted octanol–water partition coefficient (Wildman–Crippen LogP) is 4.42. The van der Waals surface area contributed by atoms with Crippen LogP contribution in [0.2, 0.25) is 0 Å². The van der Waals surface area contributed by atoms with E-state index in [4.69, 9.17) is 9.47 Å². The lowest BCUT2D eigenvalue weighted by molar-refractivity contribution is 0.102. The molecule has 1 fully saturated rings. The van der Waals surface area contributed by atoms with Gasteiger partial charge in [-0.3, -0.25) is 4.79 Å². The Kier molecular flexibility index (Phi) is 3.71. The maximum absolute atomic E-state index is 12.7. The quantitative estimate of drug-likeness (QED) is 0.883. The monoisotopic (exact) mass is 337 g/mol. The molecule has 1 aliphatic carbocycles. The van der Waals surface area contributed by atoms with Crippen molar-refractivity contribution < 1.29 is 14.3 Å². The van der Waals surface area contributed by atoms with E-state index in [1.165, 1.54) is 5.56 Å². The minimum atomic E-state index is -0.133. The van der Waals surface area contributed by atoms with Crippen molar-refractivity contribution in [1.82, 2.24) is 0 Å². The lowest BCUT2D eigenvalue weighted by Gasteiger charge is -2.14. The molecule has 0 aromatic heterocycles. The third kappa shape index (κ3) is 3.09. The van der Waals surface area contributed by atoms with Crippen molar-refractivity contribution in [2.75, 3.05) is 18.5 Å². The summed E-state index contributed by atoms with van der Waals surface area (Å²) in [5.74, 6) is 1.25. The number of amides is 1. The Morgan fingerprint density at radius 1 is 0.960 bits per heavy atom. The molecule has 1 aliphatic heterocycles. The highest BCUT2D eigenvalue weighted by atomic mass is 16.5. The van der Waals surface area contributed by atoms with Gasteiger partial charge < -0.3 is 14.8 Å². The van der Waals surface area contributed by atoms with Gasteiger partial charge in [0.2, 0.25) is 0 Å². The molecule has 0 saturated heterocycles. The summed E-state index contributed by atoms with van der Waals surface area (Å²) in [7, 11) is 0. The molecule has 0 bridgehead atoms. The van der Waals surface area contributed by atoms with E-state index in [0.717, 1.165) is 35.4 Å². The Hall–Kier alpha value is -2.49. The van der Waals surface area contributed by atoms with Crippen molar-refractivity contribution in [2.45, 2.75) is 33.6 Å². The highest BCUT2D eigenvalue weighted by Crippen LogP contribution is 2.49. The van der Waals surface area contributed by atoms with Crippen molar-refractivity contribution in [2.24, 2.45) is 5.41 Å². The molecule has 4 heteroatoms. The average molecular weight is 337 g/mol. The van der Waals surface area contributed by atoms with Gasteiger partial charge in [-0.05, 0) is 62.9 Å². The summed E-state index contributed by atoms with van der Waals surface area (Å²) in [5.41, 5.74) is 4.97. The van der Waals surface area contributed by atoms with Crippen LogP contribution in [0.15, 0.2) is 30.3 Å². The van der Waals surface area contributed by atoms with Crippen LogP contribution in [0.4, 0.5) is 5.69 Å². The van der Waals surface area contributed by atoms with E-state index in [0.29, 0.717) is 24.5 Å². The van der Waals surface area contributed by atoms with Gasteiger partial charge >= 0.3 is 0 Å². The van der Waals surface area contributed by atoms with Crippen molar-refractivity contribution in [1.29, 1.82) is 0 Å². The molecule has 0 unspecified atom stereocenters. The third-order valence-corrected chi connectivity index (χ3v) is 5.15. The number of rotatable bonds is 2. The molecule has 1 N–H and O–H groups in total. The van der Waals surface area contributed by atoms with Gasteiger partial charge in [0.25, 0.3) is 5.91 Å². The fourth-order valence-electron chi connectivity index (χ4n) is 3.41. The molecule has 2 aromatic rings. The van der Waals surface area contributed by atoms with Gasteiger partial charge in [0.05, 0.1) is 13.2 Å². The number of anilines is 1. The summed E-state index contributed by atoms with van der Waals surface area (Å²) >= 11 is 0. The molecule has 0 atom stereocenters. The minimum absolute atomic E-state index is 0.133. The molecule has 1 amide bonds. The summed E-state index contributed by atoms with van der Waals surface area (Å²) in [4.78, 5) is 12.7. The maximum atomic E-state index is 12.7. The molecule has 25 heavy (non-hydrogen) atoms. The topological polar surface area (TPSA) is 47.6 Å². The van der Waals surface area contributed by atoms with Crippen LogP contribution in [-0.4, -0.2) is 19.1 Å². The Morgan fingerprint density at radius 2 is 1.60 bits per heavy atom. The number of carbonyl (C=O) groups excluding carboxylic acids is 1. The normalized spacial score (nSPS) is 17.1.